The van der Waals surface area contributed by atoms with Crippen LogP contribution in [0, 0.1) is 5.82 Å². The van der Waals surface area contributed by atoms with Crippen LogP contribution in [0.25, 0.3) is 0 Å². The number of ether oxygens (including phenoxy) is 2. The molecule has 3 aromatic rings. The molecule has 0 spiro atoms. The Morgan fingerprint density at radius 2 is 1.59 bits per heavy atom. The molecule has 1 N–H and O–H groups in total. The average Bonchev–Trinajstić information content (AvgIpc) is 2.67. The molecule has 3 rings (SSSR count). The SMILES string of the molecule is CCOc1cc(CNc2cc(Cl)cc(Cl)c2)c(Br)cc1OCc1ccc(F)cc1. The highest BCUT2D eigenvalue weighted by Gasteiger charge is 2.12. The first-order chi connectivity index (χ1) is 13.9. The monoisotopic (exact) mass is 497 g/mol. The third kappa shape index (κ3) is 6.26. The third-order valence-corrected chi connectivity index (χ3v) is 5.24. The first-order valence-corrected chi connectivity index (χ1v) is 10.5. The Hall–Kier alpha value is -1.95. The fourth-order valence-corrected chi connectivity index (χ4v) is 3.68. The van der Waals surface area contributed by atoms with Crippen molar-refractivity contribution in [2.45, 2.75) is 20.1 Å². The normalized spacial score (nSPS) is 10.7. The molecule has 0 atom stereocenters. The number of anilines is 1. The second kappa shape index (κ2) is 10.2. The van der Waals surface area contributed by atoms with E-state index in [1.54, 1.807) is 18.2 Å². The zero-order chi connectivity index (χ0) is 20.8. The van der Waals surface area contributed by atoms with E-state index < -0.39 is 0 Å². The number of rotatable bonds is 8. The summed E-state index contributed by atoms with van der Waals surface area (Å²) in [4.78, 5) is 0. The summed E-state index contributed by atoms with van der Waals surface area (Å²) in [5, 5.41) is 4.44. The van der Waals surface area contributed by atoms with Crippen molar-refractivity contribution in [2.24, 2.45) is 0 Å². The lowest BCUT2D eigenvalue weighted by Crippen LogP contribution is -2.04. The fourth-order valence-electron chi connectivity index (χ4n) is 2.69. The topological polar surface area (TPSA) is 30.5 Å². The van der Waals surface area contributed by atoms with Crippen molar-refractivity contribution < 1.29 is 13.9 Å². The second-order valence-electron chi connectivity index (χ2n) is 6.25. The van der Waals surface area contributed by atoms with E-state index in [2.05, 4.69) is 21.2 Å². The van der Waals surface area contributed by atoms with Gasteiger partial charge in [0.15, 0.2) is 11.5 Å². The van der Waals surface area contributed by atoms with Crippen LogP contribution < -0.4 is 14.8 Å². The van der Waals surface area contributed by atoms with Crippen molar-refractivity contribution in [1.82, 2.24) is 0 Å². The minimum atomic E-state index is -0.274. The van der Waals surface area contributed by atoms with E-state index in [0.717, 1.165) is 21.3 Å². The summed E-state index contributed by atoms with van der Waals surface area (Å²) in [5.41, 5.74) is 2.68. The molecule has 152 valence electrons. The van der Waals surface area contributed by atoms with Gasteiger partial charge in [0.25, 0.3) is 0 Å². The van der Waals surface area contributed by atoms with E-state index >= 15 is 0 Å². The molecule has 29 heavy (non-hydrogen) atoms. The molecule has 0 saturated carbocycles. The predicted octanol–water partition coefficient (Wildman–Crippen LogP) is 7.48. The molecule has 0 unspecified atom stereocenters. The zero-order valence-corrected chi connectivity index (χ0v) is 18.7. The third-order valence-electron chi connectivity index (χ3n) is 4.07. The van der Waals surface area contributed by atoms with E-state index in [1.807, 2.05) is 31.2 Å². The Labute approximate surface area is 187 Å². The molecule has 0 saturated heterocycles. The van der Waals surface area contributed by atoms with Gasteiger partial charge in [-0.1, -0.05) is 51.3 Å². The molecule has 0 amide bonds. The van der Waals surface area contributed by atoms with Crippen molar-refractivity contribution in [1.29, 1.82) is 0 Å². The number of benzene rings is 3. The first-order valence-electron chi connectivity index (χ1n) is 8.97. The molecule has 0 heterocycles. The van der Waals surface area contributed by atoms with Crippen LogP contribution in [0.2, 0.25) is 10.0 Å². The fraction of sp³-hybridized carbons (Fsp3) is 0.182. The van der Waals surface area contributed by atoms with Crippen molar-refractivity contribution in [3.05, 3.63) is 86.1 Å². The zero-order valence-electron chi connectivity index (χ0n) is 15.6. The maximum Gasteiger partial charge on any atom is 0.162 e. The summed E-state index contributed by atoms with van der Waals surface area (Å²) < 4.78 is 25.6. The summed E-state index contributed by atoms with van der Waals surface area (Å²) in [6, 6.07) is 15.3. The van der Waals surface area contributed by atoms with Gasteiger partial charge < -0.3 is 14.8 Å². The Balaban J connectivity index is 1.75. The molecule has 0 bridgehead atoms. The van der Waals surface area contributed by atoms with Crippen LogP contribution in [0.15, 0.2) is 59.1 Å². The maximum atomic E-state index is 13.1. The summed E-state index contributed by atoms with van der Waals surface area (Å²) >= 11 is 15.7. The molecule has 7 heteroatoms. The smallest absolute Gasteiger partial charge is 0.162 e. The summed E-state index contributed by atoms with van der Waals surface area (Å²) in [7, 11) is 0. The van der Waals surface area contributed by atoms with Gasteiger partial charge in [0.2, 0.25) is 0 Å². The molecule has 3 aromatic carbocycles. The van der Waals surface area contributed by atoms with E-state index in [4.69, 9.17) is 32.7 Å². The van der Waals surface area contributed by atoms with Gasteiger partial charge in [-0.15, -0.1) is 0 Å². The Morgan fingerprint density at radius 1 is 0.931 bits per heavy atom. The highest BCUT2D eigenvalue weighted by atomic mass is 79.9. The molecule has 0 aliphatic rings. The largest absolute Gasteiger partial charge is 0.490 e. The van der Waals surface area contributed by atoms with Gasteiger partial charge in [-0.25, -0.2) is 4.39 Å². The summed E-state index contributed by atoms with van der Waals surface area (Å²) in [6.07, 6.45) is 0. The van der Waals surface area contributed by atoms with Crippen LogP contribution in [0.5, 0.6) is 11.5 Å². The van der Waals surface area contributed by atoms with Gasteiger partial charge in [0.1, 0.15) is 12.4 Å². The lowest BCUT2D eigenvalue weighted by Gasteiger charge is -2.16. The Morgan fingerprint density at radius 3 is 2.24 bits per heavy atom. The van der Waals surface area contributed by atoms with Crippen molar-refractivity contribution in [3.8, 4) is 11.5 Å². The minimum absolute atomic E-state index is 0.274. The molecule has 0 fully saturated rings. The van der Waals surface area contributed by atoms with Crippen LogP contribution in [-0.4, -0.2) is 6.61 Å². The van der Waals surface area contributed by atoms with Gasteiger partial charge in [0.05, 0.1) is 6.61 Å². The molecule has 3 nitrogen and oxygen atoms in total. The quantitative estimate of drug-likeness (QED) is 0.349. The van der Waals surface area contributed by atoms with Gasteiger partial charge >= 0.3 is 0 Å². The molecule has 0 aliphatic carbocycles. The van der Waals surface area contributed by atoms with Gasteiger partial charge in [0, 0.05) is 26.8 Å². The highest BCUT2D eigenvalue weighted by molar-refractivity contribution is 9.10. The van der Waals surface area contributed by atoms with Crippen LogP contribution in [0.3, 0.4) is 0 Å². The molecule has 0 radical (unpaired) electrons. The average molecular weight is 499 g/mol. The van der Waals surface area contributed by atoms with E-state index in [0.29, 0.717) is 41.3 Å². The van der Waals surface area contributed by atoms with Crippen LogP contribution in [0.4, 0.5) is 10.1 Å². The van der Waals surface area contributed by atoms with Crippen molar-refractivity contribution >= 4 is 44.8 Å². The van der Waals surface area contributed by atoms with Crippen LogP contribution >= 0.6 is 39.1 Å². The van der Waals surface area contributed by atoms with Crippen LogP contribution in [-0.2, 0) is 13.2 Å². The Bertz CT molecular complexity index is 963. The lowest BCUT2D eigenvalue weighted by molar-refractivity contribution is 0.269. The number of hydrogen-bond donors (Lipinski definition) is 1. The maximum absolute atomic E-state index is 13.1. The van der Waals surface area contributed by atoms with Crippen molar-refractivity contribution in [2.75, 3.05) is 11.9 Å². The van der Waals surface area contributed by atoms with E-state index in [1.165, 1.54) is 12.1 Å². The standard InChI is InChI=1S/C22H19BrCl2FNO2/c1-2-28-21-7-15(12-27-19-9-16(24)8-17(25)10-19)20(23)11-22(21)29-13-14-3-5-18(26)6-4-14/h3-11,27H,2,12-13H2,1H3. The molecule has 0 aliphatic heterocycles. The first kappa shape index (κ1) is 21.8. The number of nitrogens with one attached hydrogen (secondary N) is 1. The lowest BCUT2D eigenvalue weighted by atomic mass is 10.2. The molecular formula is C22H19BrCl2FNO2. The summed E-state index contributed by atoms with van der Waals surface area (Å²) in [5.74, 6) is 0.973. The van der Waals surface area contributed by atoms with E-state index in [-0.39, 0.29) is 5.82 Å². The van der Waals surface area contributed by atoms with Gasteiger partial charge in [-0.2, -0.15) is 0 Å². The highest BCUT2D eigenvalue weighted by Crippen LogP contribution is 2.35. The van der Waals surface area contributed by atoms with Crippen molar-refractivity contribution in [3.63, 3.8) is 0 Å². The minimum Gasteiger partial charge on any atom is -0.490 e. The van der Waals surface area contributed by atoms with E-state index in [9.17, 15) is 4.39 Å². The Kier molecular flexibility index (Phi) is 7.64. The predicted molar refractivity (Wildman–Crippen MR) is 120 cm³/mol. The number of hydrogen-bond acceptors (Lipinski definition) is 3. The van der Waals surface area contributed by atoms with Gasteiger partial charge in [-0.3, -0.25) is 0 Å². The number of halogens is 4. The summed E-state index contributed by atoms with van der Waals surface area (Å²) in [6.45, 7) is 3.27. The molecule has 0 aromatic heterocycles. The van der Waals surface area contributed by atoms with Gasteiger partial charge in [-0.05, 0) is 60.5 Å². The molecular weight excluding hydrogens is 480 g/mol. The second-order valence-corrected chi connectivity index (χ2v) is 7.98. The van der Waals surface area contributed by atoms with Crippen LogP contribution in [0.1, 0.15) is 18.1 Å².